The average molecular weight is 523 g/mol. The van der Waals surface area contributed by atoms with Crippen molar-refractivity contribution in [2.45, 2.75) is 57.4 Å². The van der Waals surface area contributed by atoms with Gasteiger partial charge in [-0.3, -0.25) is 4.99 Å². The van der Waals surface area contributed by atoms with Gasteiger partial charge in [-0.1, -0.05) is 56.0 Å². The lowest BCUT2D eigenvalue weighted by atomic mass is 9.87. The summed E-state index contributed by atoms with van der Waals surface area (Å²) in [7, 11) is 2.18. The molecule has 0 aromatic rings. The number of likely N-dealkylation sites (N-methyl/N-ethyl adjacent to an activating group) is 1. The van der Waals surface area contributed by atoms with E-state index in [4.69, 9.17) is 19.7 Å². The second-order valence-electron chi connectivity index (χ2n) is 11.2. The molecule has 0 bridgehead atoms. The minimum absolute atomic E-state index is 0.0488. The summed E-state index contributed by atoms with van der Waals surface area (Å²) in [6, 6.07) is 0. The van der Waals surface area contributed by atoms with E-state index in [0.717, 1.165) is 81.1 Å². The van der Waals surface area contributed by atoms with Gasteiger partial charge in [-0.05, 0) is 57.2 Å². The van der Waals surface area contributed by atoms with Gasteiger partial charge in [-0.25, -0.2) is 9.98 Å². The van der Waals surface area contributed by atoms with E-state index in [1.165, 1.54) is 0 Å². The molecule has 37 heavy (non-hydrogen) atoms. The molecule has 0 aromatic heterocycles. The fourth-order valence-electron chi connectivity index (χ4n) is 5.33. The number of thioether (sulfide) groups is 1. The Balaban J connectivity index is 1.33. The van der Waals surface area contributed by atoms with Crippen LogP contribution in [0.4, 0.5) is 0 Å². The van der Waals surface area contributed by atoms with E-state index >= 15 is 0 Å². The number of hydrogen-bond acceptors (Lipinski definition) is 7. The zero-order chi connectivity index (χ0) is 25.8. The topological polar surface area (TPSA) is 64.8 Å². The van der Waals surface area contributed by atoms with Gasteiger partial charge in [0.15, 0.2) is 11.4 Å². The highest BCUT2D eigenvalue weighted by atomic mass is 32.2. The van der Waals surface area contributed by atoms with E-state index in [1.54, 1.807) is 0 Å². The molecule has 0 saturated carbocycles. The lowest BCUT2D eigenvalue weighted by Gasteiger charge is -2.34. The average Bonchev–Trinajstić information content (AvgIpc) is 3.22. The van der Waals surface area contributed by atoms with Crippen molar-refractivity contribution < 1.29 is 4.74 Å². The fraction of sp³-hybridized carbons (Fsp3) is 0.621. The van der Waals surface area contributed by atoms with Crippen molar-refractivity contribution in [3.63, 3.8) is 0 Å². The number of aliphatic imine (C=N–C) groups is 3. The van der Waals surface area contributed by atoms with E-state index in [0.29, 0.717) is 11.8 Å². The Hall–Kier alpha value is -2.32. The molecule has 7 nitrogen and oxygen atoms in total. The summed E-state index contributed by atoms with van der Waals surface area (Å²) in [6.07, 6.45) is 19.3. The van der Waals surface area contributed by atoms with Crippen LogP contribution in [-0.4, -0.2) is 77.5 Å². The third kappa shape index (κ3) is 6.40. The summed E-state index contributed by atoms with van der Waals surface area (Å²) < 4.78 is 6.54. The third-order valence-electron chi connectivity index (χ3n) is 8.09. The predicted molar refractivity (Wildman–Crippen MR) is 156 cm³/mol. The van der Waals surface area contributed by atoms with Gasteiger partial charge in [0, 0.05) is 43.3 Å². The first kappa shape index (κ1) is 26.3. The summed E-state index contributed by atoms with van der Waals surface area (Å²) in [5.41, 5.74) is 0. The van der Waals surface area contributed by atoms with Crippen LogP contribution in [0, 0.1) is 17.8 Å². The summed E-state index contributed by atoms with van der Waals surface area (Å²) in [5, 5.41) is 4.49. The summed E-state index contributed by atoms with van der Waals surface area (Å²) in [5.74, 6) is 4.02. The van der Waals surface area contributed by atoms with Crippen LogP contribution in [0.25, 0.3) is 0 Å². The number of allylic oxidation sites excluding steroid dienone is 7. The fourth-order valence-corrected chi connectivity index (χ4v) is 6.49. The third-order valence-corrected chi connectivity index (χ3v) is 9.40. The number of hydrogen-bond donors (Lipinski definition) is 1. The minimum Gasteiger partial charge on any atom is -0.469 e. The highest BCUT2D eigenvalue weighted by Crippen LogP contribution is 2.42. The maximum Gasteiger partial charge on any atom is 0.202 e. The van der Waals surface area contributed by atoms with Gasteiger partial charge in [-0.2, -0.15) is 0 Å². The molecule has 1 N–H and O–H groups in total. The van der Waals surface area contributed by atoms with Gasteiger partial charge in [0.2, 0.25) is 5.96 Å². The molecule has 0 aromatic carbocycles. The van der Waals surface area contributed by atoms with Crippen molar-refractivity contribution >= 4 is 28.7 Å². The lowest BCUT2D eigenvalue weighted by molar-refractivity contribution is 0.0855. The zero-order valence-corrected chi connectivity index (χ0v) is 23.6. The number of piperazine rings is 1. The SMILES string of the molecule is CCC1C=CC(OC2N=C(N3CCN(C)CC3)NC(=NC3=NCC(C)(C4C=CC=CC4)S3)CC2C)=CC1. The van der Waals surface area contributed by atoms with Crippen molar-refractivity contribution in [1.29, 1.82) is 0 Å². The molecule has 5 aliphatic rings. The Kier molecular flexibility index (Phi) is 8.24. The normalized spacial score (nSPS) is 35.6. The molecule has 1 saturated heterocycles. The number of nitrogens with zero attached hydrogens (tertiary/aromatic N) is 5. The Morgan fingerprint density at radius 3 is 2.73 bits per heavy atom. The van der Waals surface area contributed by atoms with Crippen molar-refractivity contribution in [3.8, 4) is 0 Å². The number of guanidine groups is 1. The monoisotopic (exact) mass is 522 g/mol. The zero-order valence-electron chi connectivity index (χ0n) is 22.8. The molecule has 5 unspecified atom stereocenters. The molecule has 0 spiro atoms. The maximum atomic E-state index is 6.50. The van der Waals surface area contributed by atoms with Crippen LogP contribution in [0.1, 0.15) is 46.5 Å². The molecule has 200 valence electrons. The maximum absolute atomic E-state index is 6.50. The number of nitrogens with one attached hydrogen (secondary N) is 1. The van der Waals surface area contributed by atoms with E-state index in [9.17, 15) is 0 Å². The van der Waals surface area contributed by atoms with Gasteiger partial charge >= 0.3 is 0 Å². The van der Waals surface area contributed by atoms with Crippen LogP contribution in [0.3, 0.4) is 0 Å². The first-order valence-corrected chi connectivity index (χ1v) is 14.7. The molecular formula is C29H42N6OS. The largest absolute Gasteiger partial charge is 0.469 e. The number of amidine groups is 2. The molecule has 5 atom stereocenters. The molecule has 1 fully saturated rings. The second-order valence-corrected chi connectivity index (χ2v) is 12.7. The molecule has 3 aliphatic heterocycles. The number of rotatable bonds is 4. The summed E-state index contributed by atoms with van der Waals surface area (Å²) >= 11 is 1.82. The van der Waals surface area contributed by atoms with Crippen LogP contribution in [0.15, 0.2) is 63.3 Å². The Labute approximate surface area is 226 Å². The molecule has 8 heteroatoms. The number of ether oxygens (including phenoxy) is 1. The van der Waals surface area contributed by atoms with Crippen molar-refractivity contribution in [1.82, 2.24) is 15.1 Å². The van der Waals surface area contributed by atoms with Gasteiger partial charge in [0.1, 0.15) is 11.6 Å². The van der Waals surface area contributed by atoms with Gasteiger partial charge in [0.05, 0.1) is 6.54 Å². The predicted octanol–water partition coefficient (Wildman–Crippen LogP) is 4.82. The van der Waals surface area contributed by atoms with Crippen LogP contribution in [-0.2, 0) is 4.74 Å². The van der Waals surface area contributed by atoms with Crippen LogP contribution >= 0.6 is 11.8 Å². The smallest absolute Gasteiger partial charge is 0.202 e. The van der Waals surface area contributed by atoms with E-state index in [-0.39, 0.29) is 16.9 Å². The first-order valence-electron chi connectivity index (χ1n) is 13.9. The van der Waals surface area contributed by atoms with Gasteiger partial charge in [-0.15, -0.1) is 0 Å². The molecule has 0 amide bonds. The van der Waals surface area contributed by atoms with E-state index < -0.39 is 0 Å². The highest BCUT2D eigenvalue weighted by molar-refractivity contribution is 8.15. The van der Waals surface area contributed by atoms with Crippen LogP contribution < -0.4 is 5.32 Å². The molecule has 2 aliphatic carbocycles. The second kappa shape index (κ2) is 11.6. The molecular weight excluding hydrogens is 480 g/mol. The van der Waals surface area contributed by atoms with Crippen molar-refractivity contribution in [3.05, 3.63) is 48.3 Å². The molecule has 3 heterocycles. The Bertz CT molecular complexity index is 1050. The first-order chi connectivity index (χ1) is 17.9. The summed E-state index contributed by atoms with van der Waals surface area (Å²) in [6.45, 7) is 11.5. The van der Waals surface area contributed by atoms with Crippen LogP contribution in [0.2, 0.25) is 0 Å². The summed E-state index contributed by atoms with van der Waals surface area (Å²) in [4.78, 5) is 19.8. The lowest BCUT2D eigenvalue weighted by Crippen LogP contribution is -2.52. The van der Waals surface area contributed by atoms with Gasteiger partial charge in [0.25, 0.3) is 0 Å². The molecule has 5 rings (SSSR count). The Morgan fingerprint density at radius 1 is 1.19 bits per heavy atom. The Morgan fingerprint density at radius 2 is 2.03 bits per heavy atom. The highest BCUT2D eigenvalue weighted by Gasteiger charge is 2.39. The van der Waals surface area contributed by atoms with E-state index in [1.807, 2.05) is 11.8 Å². The van der Waals surface area contributed by atoms with Crippen molar-refractivity contribution in [2.24, 2.45) is 32.7 Å². The minimum atomic E-state index is -0.258. The van der Waals surface area contributed by atoms with Crippen LogP contribution in [0.5, 0.6) is 0 Å². The van der Waals surface area contributed by atoms with E-state index in [2.05, 4.69) is 85.5 Å². The van der Waals surface area contributed by atoms with Gasteiger partial charge < -0.3 is 19.9 Å². The van der Waals surface area contributed by atoms with Crippen molar-refractivity contribution in [2.75, 3.05) is 39.8 Å². The molecule has 0 radical (unpaired) electrons. The quantitative estimate of drug-likeness (QED) is 0.573. The standard InChI is InChI=1S/C29H42N6OS/c1-5-22-11-13-24(14-12-22)36-26-21(2)19-25(31-27(33-26)35-17-15-34(4)16-18-35)32-28-30-20-29(3,37-28)23-9-7-6-8-10-23/h6-9,11,13-14,21-23,26H,5,10,12,15-20H2,1-4H3,(H,30,31,32,33).